The van der Waals surface area contributed by atoms with Crippen molar-refractivity contribution >= 4 is 17.5 Å². The molecular formula is C12H20ClNO. The zero-order valence-corrected chi connectivity index (χ0v) is 10.1. The van der Waals surface area contributed by atoms with E-state index in [4.69, 9.17) is 11.6 Å². The van der Waals surface area contributed by atoms with Gasteiger partial charge in [0.2, 0.25) is 5.91 Å². The van der Waals surface area contributed by atoms with Gasteiger partial charge < -0.3 is 5.32 Å². The standard InChI is InChI=1S/C12H20ClNO/c1-8-3-2-4-9(7-8)11(13)12(15)14-10-5-6-10/h8-11H,2-7H2,1H3,(H,14,15). The highest BCUT2D eigenvalue weighted by Gasteiger charge is 2.32. The average molecular weight is 230 g/mol. The van der Waals surface area contributed by atoms with Crippen molar-refractivity contribution in [3.05, 3.63) is 0 Å². The van der Waals surface area contributed by atoms with Crippen LogP contribution in [-0.2, 0) is 4.79 Å². The maximum absolute atomic E-state index is 11.8. The molecule has 0 aromatic carbocycles. The van der Waals surface area contributed by atoms with Gasteiger partial charge >= 0.3 is 0 Å². The van der Waals surface area contributed by atoms with Crippen LogP contribution in [0.4, 0.5) is 0 Å². The molecule has 1 amide bonds. The lowest BCUT2D eigenvalue weighted by molar-refractivity contribution is -0.122. The fourth-order valence-electron chi connectivity index (χ4n) is 2.47. The molecule has 0 spiro atoms. The van der Waals surface area contributed by atoms with Gasteiger partial charge in [-0.3, -0.25) is 4.79 Å². The van der Waals surface area contributed by atoms with Gasteiger partial charge in [0.1, 0.15) is 5.38 Å². The van der Waals surface area contributed by atoms with Crippen LogP contribution in [0.2, 0.25) is 0 Å². The van der Waals surface area contributed by atoms with Crippen molar-refractivity contribution in [1.29, 1.82) is 0 Å². The molecule has 0 bridgehead atoms. The Balaban J connectivity index is 1.82. The maximum atomic E-state index is 11.8. The van der Waals surface area contributed by atoms with Crippen LogP contribution in [-0.4, -0.2) is 17.3 Å². The molecule has 86 valence electrons. The van der Waals surface area contributed by atoms with Crippen LogP contribution in [0.25, 0.3) is 0 Å². The lowest BCUT2D eigenvalue weighted by Gasteiger charge is -2.29. The summed E-state index contributed by atoms with van der Waals surface area (Å²) in [5.74, 6) is 1.20. The van der Waals surface area contributed by atoms with Crippen LogP contribution < -0.4 is 5.32 Å². The lowest BCUT2D eigenvalue weighted by Crippen LogP contribution is -2.38. The van der Waals surface area contributed by atoms with E-state index in [0.717, 1.165) is 31.6 Å². The molecular weight excluding hydrogens is 210 g/mol. The minimum absolute atomic E-state index is 0.0678. The lowest BCUT2D eigenvalue weighted by atomic mass is 9.80. The molecule has 15 heavy (non-hydrogen) atoms. The summed E-state index contributed by atoms with van der Waals surface area (Å²) in [6.07, 6.45) is 7.03. The third kappa shape index (κ3) is 3.10. The van der Waals surface area contributed by atoms with Crippen molar-refractivity contribution in [3.63, 3.8) is 0 Å². The second-order valence-corrected chi connectivity index (χ2v) is 5.69. The predicted octanol–water partition coefficient (Wildman–Crippen LogP) is 2.70. The topological polar surface area (TPSA) is 29.1 Å². The van der Waals surface area contributed by atoms with Crippen molar-refractivity contribution in [1.82, 2.24) is 5.32 Å². The number of hydrogen-bond donors (Lipinski definition) is 1. The summed E-state index contributed by atoms with van der Waals surface area (Å²) in [6, 6.07) is 0.430. The van der Waals surface area contributed by atoms with E-state index >= 15 is 0 Å². The molecule has 2 rings (SSSR count). The summed E-state index contributed by atoms with van der Waals surface area (Å²) < 4.78 is 0. The molecule has 0 aromatic heterocycles. The van der Waals surface area contributed by atoms with Gasteiger partial charge in [-0.1, -0.05) is 19.8 Å². The van der Waals surface area contributed by atoms with E-state index < -0.39 is 0 Å². The van der Waals surface area contributed by atoms with Gasteiger partial charge in [0.05, 0.1) is 0 Å². The van der Waals surface area contributed by atoms with Crippen molar-refractivity contribution < 1.29 is 4.79 Å². The van der Waals surface area contributed by atoms with E-state index in [2.05, 4.69) is 12.2 Å². The van der Waals surface area contributed by atoms with Crippen molar-refractivity contribution in [3.8, 4) is 0 Å². The Bertz CT molecular complexity index is 240. The Morgan fingerprint density at radius 3 is 2.67 bits per heavy atom. The fourth-order valence-corrected chi connectivity index (χ4v) is 2.76. The number of rotatable bonds is 3. The first-order valence-corrected chi connectivity index (χ1v) is 6.55. The number of carbonyl (C=O) groups is 1. The Labute approximate surface area is 96.8 Å². The Kier molecular flexibility index (Phi) is 3.55. The average Bonchev–Trinajstić information content (AvgIpc) is 3.00. The SMILES string of the molecule is CC1CCCC(C(Cl)C(=O)NC2CC2)C1. The normalized spacial score (nSPS) is 33.5. The summed E-state index contributed by atoms with van der Waals surface area (Å²) in [7, 11) is 0. The zero-order valence-electron chi connectivity index (χ0n) is 9.34. The molecule has 3 heteroatoms. The van der Waals surface area contributed by atoms with Crippen molar-refractivity contribution in [2.45, 2.75) is 56.9 Å². The first kappa shape index (κ1) is 11.3. The summed E-state index contributed by atoms with van der Waals surface area (Å²) in [4.78, 5) is 11.8. The number of nitrogens with one attached hydrogen (secondary N) is 1. The quantitative estimate of drug-likeness (QED) is 0.741. The van der Waals surface area contributed by atoms with E-state index in [1.165, 1.54) is 12.8 Å². The monoisotopic (exact) mass is 229 g/mol. The Morgan fingerprint density at radius 2 is 2.07 bits per heavy atom. The number of carbonyl (C=O) groups excluding carboxylic acids is 1. The van der Waals surface area contributed by atoms with Crippen molar-refractivity contribution in [2.75, 3.05) is 0 Å². The van der Waals surface area contributed by atoms with Gasteiger partial charge in [0, 0.05) is 6.04 Å². The molecule has 0 heterocycles. The third-order valence-corrected chi connectivity index (χ3v) is 4.12. The first-order valence-electron chi connectivity index (χ1n) is 6.11. The second-order valence-electron chi connectivity index (χ2n) is 5.22. The van der Waals surface area contributed by atoms with Crippen LogP contribution in [0.1, 0.15) is 45.4 Å². The zero-order chi connectivity index (χ0) is 10.8. The number of halogens is 1. The summed E-state index contributed by atoms with van der Waals surface area (Å²) in [5, 5.41) is 2.70. The van der Waals surface area contributed by atoms with E-state index in [1.807, 2.05) is 0 Å². The maximum Gasteiger partial charge on any atom is 0.238 e. The molecule has 2 aliphatic carbocycles. The Hall–Kier alpha value is -0.240. The third-order valence-electron chi connectivity index (χ3n) is 3.57. The van der Waals surface area contributed by atoms with Crippen LogP contribution in [0.5, 0.6) is 0 Å². The summed E-state index contributed by atoms with van der Waals surface area (Å²) in [5.41, 5.74) is 0. The minimum atomic E-state index is -0.298. The highest BCUT2D eigenvalue weighted by molar-refractivity contribution is 6.31. The number of hydrogen-bond acceptors (Lipinski definition) is 1. The summed E-state index contributed by atoms with van der Waals surface area (Å²) in [6.45, 7) is 2.26. The van der Waals surface area contributed by atoms with Gasteiger partial charge in [-0.05, 0) is 37.5 Å². The molecule has 2 aliphatic rings. The Morgan fingerprint density at radius 1 is 1.33 bits per heavy atom. The first-order chi connectivity index (χ1) is 7.16. The van der Waals surface area contributed by atoms with Crippen LogP contribution in [0.15, 0.2) is 0 Å². The van der Waals surface area contributed by atoms with Gasteiger partial charge in [0.25, 0.3) is 0 Å². The van der Waals surface area contributed by atoms with E-state index in [9.17, 15) is 4.79 Å². The van der Waals surface area contributed by atoms with Gasteiger partial charge in [-0.25, -0.2) is 0 Å². The van der Waals surface area contributed by atoms with E-state index in [-0.39, 0.29) is 11.3 Å². The highest BCUT2D eigenvalue weighted by Crippen LogP contribution is 2.33. The van der Waals surface area contributed by atoms with E-state index in [0.29, 0.717) is 12.0 Å². The second kappa shape index (κ2) is 4.73. The number of amides is 1. The molecule has 0 aromatic rings. The van der Waals surface area contributed by atoms with Gasteiger partial charge in [0.15, 0.2) is 0 Å². The molecule has 2 fully saturated rings. The summed E-state index contributed by atoms with van der Waals surface area (Å²) >= 11 is 6.24. The molecule has 3 unspecified atom stereocenters. The number of alkyl halides is 1. The molecule has 2 saturated carbocycles. The molecule has 2 nitrogen and oxygen atoms in total. The van der Waals surface area contributed by atoms with Crippen LogP contribution in [0, 0.1) is 11.8 Å². The predicted molar refractivity (Wildman–Crippen MR) is 61.9 cm³/mol. The fraction of sp³-hybridized carbons (Fsp3) is 0.917. The molecule has 0 radical (unpaired) electrons. The molecule has 0 aliphatic heterocycles. The largest absolute Gasteiger partial charge is 0.352 e. The van der Waals surface area contributed by atoms with E-state index in [1.54, 1.807) is 0 Å². The smallest absolute Gasteiger partial charge is 0.238 e. The van der Waals surface area contributed by atoms with Gasteiger partial charge in [-0.15, -0.1) is 11.6 Å². The molecule has 1 N–H and O–H groups in total. The minimum Gasteiger partial charge on any atom is -0.352 e. The molecule has 0 saturated heterocycles. The highest BCUT2D eigenvalue weighted by atomic mass is 35.5. The molecule has 3 atom stereocenters. The van der Waals surface area contributed by atoms with Crippen LogP contribution >= 0.6 is 11.6 Å². The van der Waals surface area contributed by atoms with Gasteiger partial charge in [-0.2, -0.15) is 0 Å². The van der Waals surface area contributed by atoms with Crippen molar-refractivity contribution in [2.24, 2.45) is 11.8 Å². The van der Waals surface area contributed by atoms with Crippen LogP contribution in [0.3, 0.4) is 0 Å².